The maximum Gasteiger partial charge on any atom is 0.339 e. The third-order valence-electron chi connectivity index (χ3n) is 11.6. The molecule has 9 atom stereocenters. The summed E-state index contributed by atoms with van der Waals surface area (Å²) in [7, 11) is 0. The van der Waals surface area contributed by atoms with E-state index in [1.165, 1.54) is 12.3 Å². The Bertz CT molecular complexity index is 1370. The van der Waals surface area contributed by atoms with E-state index in [4.69, 9.17) is 23.4 Å². The van der Waals surface area contributed by atoms with Crippen LogP contribution in [0, 0.1) is 33.5 Å². The summed E-state index contributed by atoms with van der Waals surface area (Å²) in [4.78, 5) is 55.7. The van der Waals surface area contributed by atoms with Crippen molar-refractivity contribution in [3.05, 3.63) is 36.3 Å². The molecule has 9 heteroatoms. The summed E-state index contributed by atoms with van der Waals surface area (Å²) in [6.07, 6.45) is 4.85. The Morgan fingerprint density at radius 2 is 1.88 bits per heavy atom. The molecule has 0 amide bonds. The minimum absolute atomic E-state index is 0.00271. The van der Waals surface area contributed by atoms with Gasteiger partial charge in [0.25, 0.3) is 0 Å². The zero-order valence-corrected chi connectivity index (χ0v) is 23.8. The highest BCUT2D eigenvalue weighted by atomic mass is 16.7. The normalized spacial score (nSPS) is 47.6. The van der Waals surface area contributed by atoms with Gasteiger partial charge < -0.3 is 23.4 Å². The zero-order chi connectivity index (χ0) is 28.7. The summed E-state index contributed by atoms with van der Waals surface area (Å²) >= 11 is 0. The zero-order valence-electron chi connectivity index (χ0n) is 23.8. The number of hydrogen-bond acceptors (Lipinski definition) is 9. The number of furan rings is 1. The number of esters is 2. The van der Waals surface area contributed by atoms with Gasteiger partial charge in [-0.2, -0.15) is 0 Å². The van der Waals surface area contributed by atoms with Gasteiger partial charge in [0.05, 0.1) is 24.7 Å². The lowest BCUT2D eigenvalue weighted by Crippen LogP contribution is -2.78. The molecule has 6 aliphatic rings. The van der Waals surface area contributed by atoms with Crippen molar-refractivity contribution in [2.45, 2.75) is 90.3 Å². The van der Waals surface area contributed by atoms with E-state index in [-0.39, 0.29) is 30.6 Å². The highest BCUT2D eigenvalue weighted by molar-refractivity contribution is 6.19. The van der Waals surface area contributed by atoms with Crippen molar-refractivity contribution in [3.8, 4) is 0 Å². The van der Waals surface area contributed by atoms with Crippen LogP contribution in [-0.4, -0.2) is 53.5 Å². The molecule has 1 aromatic rings. The van der Waals surface area contributed by atoms with E-state index in [0.29, 0.717) is 18.4 Å². The monoisotopic (exact) mass is 552 g/mol. The molecule has 1 spiro atoms. The van der Waals surface area contributed by atoms with Crippen molar-refractivity contribution in [3.63, 3.8) is 0 Å². The van der Waals surface area contributed by atoms with E-state index < -0.39 is 68.9 Å². The Morgan fingerprint density at radius 3 is 2.55 bits per heavy atom. The number of rotatable bonds is 4. The molecule has 0 aromatic carbocycles. The maximum atomic E-state index is 15.0. The summed E-state index contributed by atoms with van der Waals surface area (Å²) < 4.78 is 30.4. The van der Waals surface area contributed by atoms with Crippen molar-refractivity contribution < 1.29 is 42.5 Å². The molecule has 2 saturated carbocycles. The molecule has 214 valence electrons. The van der Waals surface area contributed by atoms with E-state index >= 15 is 4.79 Å². The van der Waals surface area contributed by atoms with Gasteiger partial charge in [0.2, 0.25) is 0 Å². The second-order valence-electron chi connectivity index (χ2n) is 14.0. The van der Waals surface area contributed by atoms with Crippen LogP contribution in [0.25, 0.3) is 0 Å². The molecular formula is C31H36O9. The van der Waals surface area contributed by atoms with Crippen LogP contribution in [0.4, 0.5) is 0 Å². The Kier molecular flexibility index (Phi) is 4.92. The van der Waals surface area contributed by atoms with Crippen molar-refractivity contribution in [1.29, 1.82) is 0 Å². The van der Waals surface area contributed by atoms with Crippen molar-refractivity contribution >= 4 is 23.5 Å². The molecule has 0 bridgehead atoms. The highest BCUT2D eigenvalue weighted by Gasteiger charge is 2.93. The second-order valence-corrected chi connectivity index (χ2v) is 14.0. The number of carbonyl (C=O) groups excluding carboxylic acids is 4. The third-order valence-corrected chi connectivity index (χ3v) is 11.6. The molecule has 3 saturated heterocycles. The van der Waals surface area contributed by atoms with Crippen LogP contribution in [0.1, 0.15) is 72.5 Å². The van der Waals surface area contributed by atoms with Gasteiger partial charge in [-0.3, -0.25) is 14.4 Å². The molecule has 9 nitrogen and oxygen atoms in total. The first-order valence-electron chi connectivity index (χ1n) is 14.3. The lowest BCUT2D eigenvalue weighted by Gasteiger charge is -2.67. The number of fused-ring (bicyclic) bond motifs is 1. The molecule has 3 aliphatic heterocycles. The Morgan fingerprint density at radius 1 is 1.12 bits per heavy atom. The predicted molar refractivity (Wildman–Crippen MR) is 137 cm³/mol. The number of hydrogen-bond donors (Lipinski definition) is 0. The van der Waals surface area contributed by atoms with E-state index in [2.05, 4.69) is 0 Å². The predicted octanol–water partition coefficient (Wildman–Crippen LogP) is 3.90. The molecular weight excluding hydrogens is 516 g/mol. The Hall–Kier alpha value is -2.78. The van der Waals surface area contributed by atoms with Crippen LogP contribution in [0.5, 0.6) is 0 Å². The van der Waals surface area contributed by atoms with Gasteiger partial charge in [0, 0.05) is 28.2 Å². The van der Waals surface area contributed by atoms with Crippen LogP contribution in [0.2, 0.25) is 0 Å². The van der Waals surface area contributed by atoms with Gasteiger partial charge in [-0.15, -0.1) is 0 Å². The first-order valence-corrected chi connectivity index (χ1v) is 14.3. The summed E-state index contributed by atoms with van der Waals surface area (Å²) in [5, 5.41) is 0. The number of epoxide rings is 1. The first-order chi connectivity index (χ1) is 18.7. The number of ether oxygens (including phenoxy) is 4. The number of allylic oxidation sites excluding steroid dienone is 1. The molecule has 0 radical (unpaired) electrons. The number of Topliss-reactive ketones (excluding diaryl/α,β-unsaturated/α-hetero) is 1. The second kappa shape index (κ2) is 7.53. The summed E-state index contributed by atoms with van der Waals surface area (Å²) in [5.41, 5.74) is -6.01. The van der Waals surface area contributed by atoms with Gasteiger partial charge >= 0.3 is 11.9 Å². The van der Waals surface area contributed by atoms with Gasteiger partial charge in [-0.05, 0) is 50.7 Å². The fourth-order valence-electron chi connectivity index (χ4n) is 10.1. The molecule has 1 aromatic heterocycles. The van der Waals surface area contributed by atoms with Gasteiger partial charge in [-0.25, -0.2) is 4.79 Å². The Labute approximate surface area is 232 Å². The lowest BCUT2D eigenvalue weighted by molar-refractivity contribution is -0.244. The first kappa shape index (κ1) is 26.1. The molecule has 4 heterocycles. The van der Waals surface area contributed by atoms with Crippen LogP contribution < -0.4 is 0 Å². The van der Waals surface area contributed by atoms with Crippen LogP contribution in [-0.2, 0) is 38.1 Å². The number of cyclic esters (lactones) is 1. The van der Waals surface area contributed by atoms with Gasteiger partial charge in [0.15, 0.2) is 23.8 Å². The van der Waals surface area contributed by atoms with Crippen LogP contribution >= 0.6 is 0 Å². The minimum Gasteiger partial charge on any atom is -0.472 e. The van der Waals surface area contributed by atoms with Crippen molar-refractivity contribution in [2.24, 2.45) is 33.5 Å². The van der Waals surface area contributed by atoms with Crippen molar-refractivity contribution in [1.82, 2.24) is 0 Å². The molecule has 1 unspecified atom stereocenters. The number of ketones is 2. The van der Waals surface area contributed by atoms with E-state index in [0.717, 1.165) is 0 Å². The molecule has 3 aliphatic carbocycles. The van der Waals surface area contributed by atoms with Crippen molar-refractivity contribution in [2.75, 3.05) is 6.61 Å². The fraction of sp³-hybridized carbons (Fsp3) is 0.677. The summed E-state index contributed by atoms with van der Waals surface area (Å²) in [5.74, 6) is -2.16. The maximum absolute atomic E-state index is 15.0. The van der Waals surface area contributed by atoms with Crippen LogP contribution in [0.15, 0.2) is 35.2 Å². The average molecular weight is 553 g/mol. The SMILES string of the molecule is CC(C)CC(=O)O[C@H]1C(=O)[C@]23C(=O)C=CC2(COC3(C)C)[C@H]2CC[C@@]3(C)[C@H](c4ccoc4)OC(=O)[C@H]4O[C@]43[C@@]21C. The minimum atomic E-state index is -1.54. The Balaban J connectivity index is 1.46. The number of carbonyl (C=O) groups is 4. The smallest absolute Gasteiger partial charge is 0.339 e. The quantitative estimate of drug-likeness (QED) is 0.311. The third kappa shape index (κ3) is 2.51. The molecule has 7 rings (SSSR count). The van der Waals surface area contributed by atoms with E-state index in [1.54, 1.807) is 26.2 Å². The topological polar surface area (TPSA) is 122 Å². The van der Waals surface area contributed by atoms with E-state index in [9.17, 15) is 14.4 Å². The van der Waals surface area contributed by atoms with Crippen LogP contribution in [0.3, 0.4) is 0 Å². The summed E-state index contributed by atoms with van der Waals surface area (Å²) in [6, 6.07) is 1.77. The lowest BCUT2D eigenvalue weighted by atomic mass is 9.34. The molecule has 0 N–H and O–H groups in total. The highest BCUT2D eigenvalue weighted by Crippen LogP contribution is 2.82. The summed E-state index contributed by atoms with van der Waals surface area (Å²) in [6.45, 7) is 11.5. The van der Waals surface area contributed by atoms with Gasteiger partial charge in [-0.1, -0.05) is 33.8 Å². The van der Waals surface area contributed by atoms with Gasteiger partial charge in [0.1, 0.15) is 17.1 Å². The molecule has 5 fully saturated rings. The standard InChI is InChI=1S/C31H36O9/c1-16(2)13-20(33)38-23-21(34)30-19(32)8-11-29(30,15-37-26(30,3)4)18-7-10-27(5)22(17-9-12-36-14-17)39-25(35)24-31(27,40-24)28(18,23)6/h8-9,11-12,14,16,18,22-24H,7,10,13,15H2,1-6H3/t18-,22-,23-,24+,27-,28-,29?,30-,31+/m0/s1. The fourth-order valence-corrected chi connectivity index (χ4v) is 10.1. The molecule has 40 heavy (non-hydrogen) atoms. The van der Waals surface area contributed by atoms with E-state index in [1.807, 2.05) is 33.8 Å². The average Bonchev–Trinajstić information content (AvgIpc) is 3.17. The largest absolute Gasteiger partial charge is 0.472 e.